The van der Waals surface area contributed by atoms with Crippen molar-refractivity contribution in [1.29, 1.82) is 0 Å². The zero-order chi connectivity index (χ0) is 18.1. The molecule has 1 aromatic carbocycles. The molecule has 0 unspecified atom stereocenters. The molecule has 2 heterocycles. The molecule has 3 aromatic rings. The fourth-order valence-electron chi connectivity index (χ4n) is 3.19. The summed E-state index contributed by atoms with van der Waals surface area (Å²) in [5, 5.41) is 6.12. The Kier molecular flexibility index (Phi) is 4.31. The second-order valence-corrected chi connectivity index (χ2v) is 5.97. The summed E-state index contributed by atoms with van der Waals surface area (Å²) in [7, 11) is 2.96. The Morgan fingerprint density at radius 2 is 1.96 bits per heavy atom. The minimum absolute atomic E-state index is 0.0914. The summed E-state index contributed by atoms with van der Waals surface area (Å²) in [6.45, 7) is 1.73. The number of aromatic amines is 2. The molecule has 0 amide bonds. The van der Waals surface area contributed by atoms with Crippen LogP contribution in [0, 0.1) is 6.92 Å². The molecule has 0 fully saturated rings. The van der Waals surface area contributed by atoms with E-state index in [4.69, 9.17) is 4.74 Å². The molecule has 0 spiro atoms. The van der Waals surface area contributed by atoms with Crippen LogP contribution in [0.25, 0.3) is 10.9 Å². The van der Waals surface area contributed by atoms with Gasteiger partial charge in [0.05, 0.1) is 19.0 Å². The number of benzene rings is 1. The summed E-state index contributed by atoms with van der Waals surface area (Å²) in [6, 6.07) is 9.22. The number of nitrogens with zero attached hydrogens (tertiary/aromatic N) is 1. The Hall–Kier alpha value is -3.09. The largest absolute Gasteiger partial charge is 0.469 e. The smallest absolute Gasteiger partial charge is 0.306 e. The van der Waals surface area contributed by atoms with Gasteiger partial charge in [-0.15, -0.1) is 0 Å². The van der Waals surface area contributed by atoms with Crippen molar-refractivity contribution in [3.05, 3.63) is 67.9 Å². The lowest BCUT2D eigenvalue weighted by Gasteiger charge is -2.17. The molecule has 0 saturated heterocycles. The van der Waals surface area contributed by atoms with E-state index in [1.165, 1.54) is 11.7 Å². The standard InChI is InChI=1S/C18H19N3O4/c1-10-16(17(23)20-19-10)12(9-15(22)25-3)13-8-11-6-4-5-7-14(11)21(2)18(13)24/h4-8,12H,9H2,1-3H3,(H2,19,20,23)/t12-/m1/s1. The number of esters is 1. The topological polar surface area (TPSA) is 96.9 Å². The highest BCUT2D eigenvalue weighted by molar-refractivity contribution is 5.80. The van der Waals surface area contributed by atoms with Crippen molar-refractivity contribution in [2.45, 2.75) is 19.3 Å². The quantitative estimate of drug-likeness (QED) is 0.704. The highest BCUT2D eigenvalue weighted by Crippen LogP contribution is 2.27. The molecule has 3 rings (SSSR count). The predicted molar refractivity (Wildman–Crippen MR) is 93.8 cm³/mol. The summed E-state index contributed by atoms with van der Waals surface area (Å²) in [6.07, 6.45) is -0.0914. The molecule has 0 saturated carbocycles. The van der Waals surface area contributed by atoms with E-state index >= 15 is 0 Å². The summed E-state index contributed by atoms with van der Waals surface area (Å²) in [5.41, 5.74) is 1.55. The molecule has 0 aliphatic carbocycles. The average molecular weight is 341 g/mol. The van der Waals surface area contributed by atoms with Gasteiger partial charge in [-0.1, -0.05) is 18.2 Å². The van der Waals surface area contributed by atoms with Gasteiger partial charge in [0.25, 0.3) is 11.1 Å². The van der Waals surface area contributed by atoms with Gasteiger partial charge in [0, 0.05) is 29.8 Å². The average Bonchev–Trinajstić information content (AvgIpc) is 2.94. The lowest BCUT2D eigenvalue weighted by atomic mass is 9.88. The third-order valence-electron chi connectivity index (χ3n) is 4.50. The van der Waals surface area contributed by atoms with E-state index in [0.29, 0.717) is 16.8 Å². The van der Waals surface area contributed by atoms with E-state index in [1.807, 2.05) is 24.3 Å². The van der Waals surface area contributed by atoms with Gasteiger partial charge in [-0.3, -0.25) is 19.5 Å². The van der Waals surface area contributed by atoms with Crippen LogP contribution in [0.15, 0.2) is 39.9 Å². The van der Waals surface area contributed by atoms with Crippen LogP contribution >= 0.6 is 0 Å². The predicted octanol–water partition coefficient (Wildman–Crippen LogP) is 1.56. The molecule has 1 atom stereocenters. The monoisotopic (exact) mass is 341 g/mol. The van der Waals surface area contributed by atoms with Gasteiger partial charge in [-0.25, -0.2) is 0 Å². The van der Waals surface area contributed by atoms with Crippen molar-refractivity contribution < 1.29 is 9.53 Å². The van der Waals surface area contributed by atoms with Crippen LogP contribution in [0.1, 0.15) is 29.2 Å². The first-order valence-corrected chi connectivity index (χ1v) is 7.86. The van der Waals surface area contributed by atoms with Crippen LogP contribution < -0.4 is 11.1 Å². The first-order chi connectivity index (χ1) is 11.9. The van der Waals surface area contributed by atoms with Crippen molar-refractivity contribution >= 4 is 16.9 Å². The van der Waals surface area contributed by atoms with E-state index in [2.05, 4.69) is 10.2 Å². The minimum Gasteiger partial charge on any atom is -0.469 e. The number of H-pyrrole nitrogens is 2. The van der Waals surface area contributed by atoms with Gasteiger partial charge < -0.3 is 14.4 Å². The molecule has 0 aliphatic heterocycles. The van der Waals surface area contributed by atoms with Gasteiger partial charge in [0.1, 0.15) is 0 Å². The van der Waals surface area contributed by atoms with Crippen LogP contribution in [0.5, 0.6) is 0 Å². The van der Waals surface area contributed by atoms with Crippen LogP contribution in [-0.2, 0) is 16.6 Å². The Morgan fingerprint density at radius 3 is 2.60 bits per heavy atom. The Balaban J connectivity index is 2.28. The zero-order valence-corrected chi connectivity index (χ0v) is 14.3. The number of pyridine rings is 1. The lowest BCUT2D eigenvalue weighted by molar-refractivity contribution is -0.140. The van der Waals surface area contributed by atoms with Crippen LogP contribution in [0.4, 0.5) is 0 Å². The molecule has 130 valence electrons. The molecule has 2 aromatic heterocycles. The number of rotatable bonds is 4. The van der Waals surface area contributed by atoms with E-state index in [1.54, 1.807) is 20.0 Å². The second-order valence-electron chi connectivity index (χ2n) is 5.97. The summed E-state index contributed by atoms with van der Waals surface area (Å²) < 4.78 is 6.30. The van der Waals surface area contributed by atoms with E-state index < -0.39 is 11.9 Å². The molecule has 7 heteroatoms. The Labute approximate surface area is 143 Å². The highest BCUT2D eigenvalue weighted by Gasteiger charge is 2.27. The van der Waals surface area contributed by atoms with Crippen LogP contribution in [0.2, 0.25) is 0 Å². The second kappa shape index (κ2) is 6.43. The number of aryl methyl sites for hydroxylation is 2. The maximum Gasteiger partial charge on any atom is 0.306 e. The van der Waals surface area contributed by atoms with Crippen molar-refractivity contribution in [1.82, 2.24) is 14.8 Å². The molecule has 0 radical (unpaired) electrons. The van der Waals surface area contributed by atoms with Gasteiger partial charge in [0.15, 0.2) is 0 Å². The van der Waals surface area contributed by atoms with E-state index in [-0.39, 0.29) is 17.5 Å². The van der Waals surface area contributed by atoms with Crippen molar-refractivity contribution in [2.24, 2.45) is 7.05 Å². The van der Waals surface area contributed by atoms with Crippen molar-refractivity contribution in [3.63, 3.8) is 0 Å². The molecule has 25 heavy (non-hydrogen) atoms. The number of hydrogen-bond acceptors (Lipinski definition) is 4. The van der Waals surface area contributed by atoms with E-state index in [0.717, 1.165) is 10.9 Å². The lowest BCUT2D eigenvalue weighted by Crippen LogP contribution is -2.27. The number of hydrogen-bond donors (Lipinski definition) is 2. The molecule has 0 aliphatic rings. The summed E-state index contributed by atoms with van der Waals surface area (Å²) in [4.78, 5) is 37.1. The third kappa shape index (κ3) is 2.88. The molecular formula is C18H19N3O4. The molecular weight excluding hydrogens is 322 g/mol. The number of aromatic nitrogens is 3. The number of fused-ring (bicyclic) bond motifs is 1. The molecule has 7 nitrogen and oxygen atoms in total. The first-order valence-electron chi connectivity index (χ1n) is 7.86. The zero-order valence-electron chi connectivity index (χ0n) is 14.3. The maximum atomic E-state index is 12.9. The van der Waals surface area contributed by atoms with Gasteiger partial charge in [-0.05, 0) is 24.4 Å². The fourth-order valence-corrected chi connectivity index (χ4v) is 3.19. The van der Waals surface area contributed by atoms with Crippen LogP contribution in [-0.4, -0.2) is 27.8 Å². The maximum absolute atomic E-state index is 12.9. The first kappa shape index (κ1) is 16.8. The number of carbonyl (C=O) groups is 1. The van der Waals surface area contributed by atoms with Crippen molar-refractivity contribution in [2.75, 3.05) is 7.11 Å². The van der Waals surface area contributed by atoms with Gasteiger partial charge >= 0.3 is 5.97 Å². The van der Waals surface area contributed by atoms with Crippen LogP contribution in [0.3, 0.4) is 0 Å². The highest BCUT2D eigenvalue weighted by atomic mass is 16.5. The van der Waals surface area contributed by atoms with Gasteiger partial charge in [0.2, 0.25) is 0 Å². The normalized spacial score (nSPS) is 12.3. The van der Waals surface area contributed by atoms with Gasteiger partial charge in [-0.2, -0.15) is 0 Å². The van der Waals surface area contributed by atoms with Crippen molar-refractivity contribution in [3.8, 4) is 0 Å². The fraction of sp³-hybridized carbons (Fsp3) is 0.278. The number of para-hydroxylation sites is 1. The molecule has 2 N–H and O–H groups in total. The number of nitrogens with one attached hydrogen (secondary N) is 2. The Bertz CT molecular complexity index is 1060. The van der Waals surface area contributed by atoms with E-state index in [9.17, 15) is 14.4 Å². The Morgan fingerprint density at radius 1 is 1.24 bits per heavy atom. The minimum atomic E-state index is -0.689. The number of carbonyl (C=O) groups excluding carboxylic acids is 1. The SMILES string of the molecule is COC(=O)C[C@@H](c1c(C)[nH][nH]c1=O)c1cc2ccccc2n(C)c1=O. The number of ether oxygens (including phenoxy) is 1. The molecule has 0 bridgehead atoms. The third-order valence-corrected chi connectivity index (χ3v) is 4.50. The number of methoxy groups -OCH3 is 1. The summed E-state index contributed by atoms with van der Waals surface area (Å²) in [5.74, 6) is -1.18. The summed E-state index contributed by atoms with van der Waals surface area (Å²) >= 11 is 0.